The van der Waals surface area contributed by atoms with Gasteiger partial charge in [0, 0.05) is 35.0 Å². The minimum absolute atomic E-state index is 0.162. The molecular weight excluding hydrogens is 386 g/mol. The predicted molar refractivity (Wildman–Crippen MR) is 123 cm³/mol. The summed E-state index contributed by atoms with van der Waals surface area (Å²) in [7, 11) is 0. The zero-order valence-electron chi connectivity index (χ0n) is 19.0. The molecule has 4 nitrogen and oxygen atoms in total. The van der Waals surface area contributed by atoms with E-state index in [1.165, 1.54) is 0 Å². The van der Waals surface area contributed by atoms with Crippen LogP contribution in [0.5, 0.6) is 0 Å². The lowest BCUT2D eigenvalue weighted by molar-refractivity contribution is -0.118. The van der Waals surface area contributed by atoms with Crippen molar-refractivity contribution in [3.8, 4) is 0 Å². The van der Waals surface area contributed by atoms with E-state index in [4.69, 9.17) is 0 Å². The minimum Gasteiger partial charge on any atom is -0.372 e. The third kappa shape index (κ3) is 4.84. The molecule has 0 aliphatic carbocycles. The van der Waals surface area contributed by atoms with Gasteiger partial charge in [-0.3, -0.25) is 14.4 Å². The van der Waals surface area contributed by atoms with Crippen molar-refractivity contribution >= 4 is 17.3 Å². The van der Waals surface area contributed by atoms with E-state index in [0.717, 1.165) is 13.0 Å². The first-order valence-electron chi connectivity index (χ1n) is 10.7. The molecule has 0 bridgehead atoms. The van der Waals surface area contributed by atoms with Crippen molar-refractivity contribution in [2.45, 2.75) is 46.6 Å². The summed E-state index contributed by atoms with van der Waals surface area (Å²) in [6.45, 7) is 11.1. The molecule has 1 aliphatic rings. The van der Waals surface area contributed by atoms with Gasteiger partial charge in [0.1, 0.15) is 5.92 Å². The van der Waals surface area contributed by atoms with E-state index in [9.17, 15) is 14.4 Å². The standard InChI is InChI=1S/C27H31NO3/c1-26(2,3)28-17-16-27(4,5)21(18-28)25(31)22(23(29)19-12-8-6-9-13-19)24(30)20-14-10-7-11-15-20/h6-15,18,22H,16-17H2,1-5H3. The molecule has 0 saturated carbocycles. The van der Waals surface area contributed by atoms with E-state index in [0.29, 0.717) is 16.7 Å². The van der Waals surface area contributed by atoms with Crippen LogP contribution in [0.2, 0.25) is 0 Å². The van der Waals surface area contributed by atoms with Crippen LogP contribution < -0.4 is 0 Å². The fourth-order valence-corrected chi connectivity index (χ4v) is 3.91. The van der Waals surface area contributed by atoms with E-state index in [2.05, 4.69) is 25.7 Å². The van der Waals surface area contributed by atoms with E-state index < -0.39 is 28.7 Å². The maximum absolute atomic E-state index is 13.9. The largest absolute Gasteiger partial charge is 0.372 e. The summed E-state index contributed by atoms with van der Waals surface area (Å²) in [4.78, 5) is 42.9. The van der Waals surface area contributed by atoms with Crippen LogP contribution in [0.15, 0.2) is 72.4 Å². The second-order valence-electron chi connectivity index (χ2n) is 9.80. The van der Waals surface area contributed by atoms with Crippen LogP contribution in [0.4, 0.5) is 0 Å². The van der Waals surface area contributed by atoms with Gasteiger partial charge in [0.2, 0.25) is 0 Å². The molecule has 0 unspecified atom stereocenters. The summed E-state index contributed by atoms with van der Waals surface area (Å²) in [5.74, 6) is -2.70. The second kappa shape index (κ2) is 8.62. The van der Waals surface area contributed by atoms with E-state index in [-0.39, 0.29) is 5.54 Å². The molecule has 0 N–H and O–H groups in total. The van der Waals surface area contributed by atoms with Crippen LogP contribution in [0, 0.1) is 11.3 Å². The third-order valence-corrected chi connectivity index (χ3v) is 6.02. The molecular formula is C27H31NO3. The van der Waals surface area contributed by atoms with E-state index >= 15 is 0 Å². The summed E-state index contributed by atoms with van der Waals surface area (Å²) in [5, 5.41) is 0. The zero-order valence-corrected chi connectivity index (χ0v) is 19.0. The molecule has 0 atom stereocenters. The average Bonchev–Trinajstić information content (AvgIpc) is 2.73. The molecule has 0 amide bonds. The molecule has 2 aromatic carbocycles. The molecule has 3 rings (SSSR count). The lowest BCUT2D eigenvalue weighted by Gasteiger charge is -2.43. The topological polar surface area (TPSA) is 54.5 Å². The highest BCUT2D eigenvalue weighted by Crippen LogP contribution is 2.39. The fraction of sp³-hybridized carbons (Fsp3) is 0.370. The first-order valence-corrected chi connectivity index (χ1v) is 10.7. The molecule has 1 heterocycles. The quantitative estimate of drug-likeness (QED) is 0.469. The van der Waals surface area contributed by atoms with Gasteiger partial charge in [0.25, 0.3) is 0 Å². The van der Waals surface area contributed by atoms with Gasteiger partial charge >= 0.3 is 0 Å². The summed E-state index contributed by atoms with van der Waals surface area (Å²) >= 11 is 0. The molecule has 0 fully saturated rings. The van der Waals surface area contributed by atoms with E-state index in [1.807, 2.05) is 20.0 Å². The van der Waals surface area contributed by atoms with Gasteiger partial charge in [0.05, 0.1) is 0 Å². The van der Waals surface area contributed by atoms with Gasteiger partial charge < -0.3 is 4.90 Å². The van der Waals surface area contributed by atoms with Crippen molar-refractivity contribution in [1.29, 1.82) is 0 Å². The molecule has 31 heavy (non-hydrogen) atoms. The van der Waals surface area contributed by atoms with Crippen LogP contribution in [0.25, 0.3) is 0 Å². The number of ketones is 3. The first-order chi connectivity index (χ1) is 14.5. The van der Waals surface area contributed by atoms with Gasteiger partial charge in [-0.1, -0.05) is 74.5 Å². The van der Waals surface area contributed by atoms with Crippen LogP contribution in [-0.4, -0.2) is 34.3 Å². The van der Waals surface area contributed by atoms with Crippen LogP contribution >= 0.6 is 0 Å². The normalized spacial score (nSPS) is 16.1. The van der Waals surface area contributed by atoms with Gasteiger partial charge in [-0.15, -0.1) is 0 Å². The average molecular weight is 418 g/mol. The molecule has 1 aliphatic heterocycles. The summed E-state index contributed by atoms with van der Waals surface area (Å²) < 4.78 is 0. The summed E-state index contributed by atoms with van der Waals surface area (Å²) in [6.07, 6.45) is 2.64. The Morgan fingerprint density at radius 2 is 1.26 bits per heavy atom. The number of carbonyl (C=O) groups excluding carboxylic acids is 3. The molecule has 2 aromatic rings. The Morgan fingerprint density at radius 1 is 0.806 bits per heavy atom. The lowest BCUT2D eigenvalue weighted by atomic mass is 9.72. The Labute approximate surface area is 185 Å². The Bertz CT molecular complexity index is 946. The van der Waals surface area contributed by atoms with E-state index in [1.54, 1.807) is 60.7 Å². The number of carbonyl (C=O) groups is 3. The van der Waals surface area contributed by atoms with Gasteiger partial charge in [-0.25, -0.2) is 0 Å². The van der Waals surface area contributed by atoms with Crippen molar-refractivity contribution in [2.75, 3.05) is 6.54 Å². The number of hydrogen-bond donors (Lipinski definition) is 0. The van der Waals surface area contributed by atoms with Crippen molar-refractivity contribution in [1.82, 2.24) is 4.90 Å². The highest BCUT2D eigenvalue weighted by Gasteiger charge is 2.43. The zero-order chi connectivity index (χ0) is 22.8. The van der Waals surface area contributed by atoms with Crippen LogP contribution in [0.3, 0.4) is 0 Å². The van der Waals surface area contributed by atoms with Crippen molar-refractivity contribution in [3.63, 3.8) is 0 Å². The number of Topliss-reactive ketones (excluding diaryl/α,β-unsaturated/α-hetero) is 3. The monoisotopic (exact) mass is 417 g/mol. The number of rotatable bonds is 6. The Balaban J connectivity index is 2.10. The SMILES string of the molecule is CC1(C)CCN(C(C)(C)C)C=C1C(=O)C(C(=O)c1ccccc1)C(=O)c1ccccc1. The summed E-state index contributed by atoms with van der Waals surface area (Å²) in [5.41, 5.74) is 0.682. The molecule has 0 radical (unpaired) electrons. The van der Waals surface area contributed by atoms with Crippen molar-refractivity contribution in [3.05, 3.63) is 83.6 Å². The lowest BCUT2D eigenvalue weighted by Crippen LogP contribution is -2.46. The molecule has 4 heteroatoms. The van der Waals surface area contributed by atoms with Gasteiger partial charge in [0.15, 0.2) is 17.3 Å². The first kappa shape index (κ1) is 22.7. The molecule has 162 valence electrons. The van der Waals surface area contributed by atoms with Crippen molar-refractivity contribution in [2.24, 2.45) is 11.3 Å². The highest BCUT2D eigenvalue weighted by molar-refractivity contribution is 6.31. The van der Waals surface area contributed by atoms with Gasteiger partial charge in [-0.05, 0) is 32.6 Å². The Kier molecular flexibility index (Phi) is 6.30. The number of allylic oxidation sites excluding steroid dienone is 1. The van der Waals surface area contributed by atoms with Crippen molar-refractivity contribution < 1.29 is 14.4 Å². The van der Waals surface area contributed by atoms with Crippen LogP contribution in [-0.2, 0) is 4.79 Å². The second-order valence-corrected chi connectivity index (χ2v) is 9.80. The number of hydrogen-bond acceptors (Lipinski definition) is 4. The summed E-state index contributed by atoms with van der Waals surface area (Å²) in [6, 6.07) is 17.2. The maximum atomic E-state index is 13.9. The molecule has 0 saturated heterocycles. The number of benzene rings is 2. The maximum Gasteiger partial charge on any atom is 0.181 e. The molecule has 0 spiro atoms. The predicted octanol–water partition coefficient (Wildman–Crippen LogP) is 5.35. The Morgan fingerprint density at radius 3 is 1.68 bits per heavy atom. The third-order valence-electron chi connectivity index (χ3n) is 6.02. The fourth-order valence-electron chi connectivity index (χ4n) is 3.91. The smallest absolute Gasteiger partial charge is 0.181 e. The van der Waals surface area contributed by atoms with Gasteiger partial charge in [-0.2, -0.15) is 0 Å². The molecule has 0 aromatic heterocycles. The Hall–Kier alpha value is -3.01. The minimum atomic E-state index is -1.39. The van der Waals surface area contributed by atoms with Crippen LogP contribution in [0.1, 0.15) is 61.8 Å². The highest BCUT2D eigenvalue weighted by atomic mass is 16.2. The number of nitrogens with zero attached hydrogens (tertiary/aromatic N) is 1.